The van der Waals surface area contributed by atoms with E-state index in [1.807, 2.05) is 6.92 Å². The van der Waals surface area contributed by atoms with Crippen LogP contribution in [0.15, 0.2) is 29.2 Å². The Kier molecular flexibility index (Phi) is 3.73. The minimum atomic E-state index is -3.59. The molecule has 0 bridgehead atoms. The highest BCUT2D eigenvalue weighted by Crippen LogP contribution is 2.31. The lowest BCUT2D eigenvalue weighted by molar-refractivity contribution is 0.601. The molecule has 1 aliphatic carbocycles. The predicted octanol–water partition coefficient (Wildman–Crippen LogP) is 2.45. The van der Waals surface area contributed by atoms with Crippen LogP contribution in [0.5, 0.6) is 0 Å². The lowest BCUT2D eigenvalue weighted by atomic mass is 10.1. The Balaban J connectivity index is 1.82. The predicted molar refractivity (Wildman–Crippen MR) is 84.0 cm³/mol. The number of thiazole rings is 1. The van der Waals surface area contributed by atoms with Crippen LogP contribution in [0, 0.1) is 0 Å². The van der Waals surface area contributed by atoms with E-state index < -0.39 is 10.0 Å². The summed E-state index contributed by atoms with van der Waals surface area (Å²) < 4.78 is 27.2. The number of hydrogen-bond acceptors (Lipinski definition) is 5. The van der Waals surface area contributed by atoms with Crippen LogP contribution in [0.4, 0.5) is 5.13 Å². The second-order valence-electron chi connectivity index (χ2n) is 5.21. The molecule has 112 valence electrons. The minimum Gasteiger partial charge on any atom is -0.324 e. The molecule has 0 saturated carbocycles. The summed E-state index contributed by atoms with van der Waals surface area (Å²) in [5.41, 5.74) is 7.70. The maximum atomic E-state index is 12.3. The molecular formula is C14H17N3O2S2. The zero-order valence-corrected chi connectivity index (χ0v) is 13.3. The van der Waals surface area contributed by atoms with E-state index in [0.29, 0.717) is 5.13 Å². The van der Waals surface area contributed by atoms with E-state index in [4.69, 9.17) is 5.73 Å². The second kappa shape index (κ2) is 5.40. The van der Waals surface area contributed by atoms with Crippen molar-refractivity contribution in [1.29, 1.82) is 0 Å². The summed E-state index contributed by atoms with van der Waals surface area (Å²) in [5, 5.41) is 0.455. The van der Waals surface area contributed by atoms with Gasteiger partial charge in [0, 0.05) is 10.9 Å². The smallest absolute Gasteiger partial charge is 0.263 e. The van der Waals surface area contributed by atoms with Crippen molar-refractivity contribution in [2.45, 2.75) is 37.1 Å². The monoisotopic (exact) mass is 323 g/mol. The fourth-order valence-electron chi connectivity index (χ4n) is 2.36. The Morgan fingerprint density at radius 1 is 1.29 bits per heavy atom. The molecule has 7 heteroatoms. The molecule has 3 rings (SSSR count). The number of anilines is 1. The van der Waals surface area contributed by atoms with Crippen molar-refractivity contribution in [3.63, 3.8) is 0 Å². The van der Waals surface area contributed by atoms with Gasteiger partial charge in [0.25, 0.3) is 10.0 Å². The van der Waals surface area contributed by atoms with Gasteiger partial charge in [0.2, 0.25) is 0 Å². The number of fused-ring (bicyclic) bond motifs is 1. The lowest BCUT2D eigenvalue weighted by Gasteiger charge is -2.08. The normalized spacial score (nSPS) is 15.7. The number of aryl methyl sites for hydroxylation is 2. The maximum Gasteiger partial charge on any atom is 0.263 e. The molecule has 1 aromatic carbocycles. The van der Waals surface area contributed by atoms with E-state index in [1.54, 1.807) is 24.3 Å². The standard InChI is InChI=1S/C14H17N3O2S2/c1-9(15)10-5-7-11(8-6-10)21(18,19)17-14-16-12-3-2-4-13(12)20-14/h5-9H,2-4,15H2,1H3,(H,16,17). The van der Waals surface area contributed by atoms with Gasteiger partial charge < -0.3 is 5.73 Å². The van der Waals surface area contributed by atoms with Crippen LogP contribution in [0.3, 0.4) is 0 Å². The van der Waals surface area contributed by atoms with Crippen LogP contribution in [0.2, 0.25) is 0 Å². The molecule has 1 heterocycles. The van der Waals surface area contributed by atoms with Crippen molar-refractivity contribution in [3.8, 4) is 0 Å². The zero-order valence-electron chi connectivity index (χ0n) is 11.7. The van der Waals surface area contributed by atoms with E-state index in [2.05, 4.69) is 9.71 Å². The third kappa shape index (κ3) is 2.95. The van der Waals surface area contributed by atoms with Crippen molar-refractivity contribution in [2.75, 3.05) is 4.72 Å². The first-order valence-corrected chi connectivity index (χ1v) is 9.12. The third-order valence-electron chi connectivity index (χ3n) is 3.53. The van der Waals surface area contributed by atoms with Gasteiger partial charge in [-0.25, -0.2) is 13.4 Å². The van der Waals surface area contributed by atoms with E-state index in [9.17, 15) is 8.42 Å². The van der Waals surface area contributed by atoms with Gasteiger partial charge in [-0.3, -0.25) is 4.72 Å². The van der Waals surface area contributed by atoms with E-state index in [0.717, 1.165) is 30.5 Å². The van der Waals surface area contributed by atoms with Gasteiger partial charge in [0.1, 0.15) is 0 Å². The molecule has 2 aromatic rings. The van der Waals surface area contributed by atoms with Crippen molar-refractivity contribution < 1.29 is 8.42 Å². The summed E-state index contributed by atoms with van der Waals surface area (Å²) in [7, 11) is -3.59. The Hall–Kier alpha value is -1.44. The maximum absolute atomic E-state index is 12.3. The molecule has 0 fully saturated rings. The molecule has 21 heavy (non-hydrogen) atoms. The average molecular weight is 323 g/mol. The fourth-order valence-corrected chi connectivity index (χ4v) is 4.64. The molecule has 0 aliphatic heterocycles. The SMILES string of the molecule is CC(N)c1ccc(S(=O)(=O)Nc2nc3c(s2)CCC3)cc1. The molecule has 0 amide bonds. The van der Waals surface area contributed by atoms with Crippen molar-refractivity contribution in [2.24, 2.45) is 5.73 Å². The average Bonchev–Trinajstić information content (AvgIpc) is 2.99. The fraction of sp³-hybridized carbons (Fsp3) is 0.357. The van der Waals surface area contributed by atoms with Gasteiger partial charge >= 0.3 is 0 Å². The van der Waals surface area contributed by atoms with Gasteiger partial charge in [-0.05, 0) is 43.9 Å². The molecule has 0 saturated heterocycles. The second-order valence-corrected chi connectivity index (χ2v) is 7.97. The molecule has 5 nitrogen and oxygen atoms in total. The zero-order chi connectivity index (χ0) is 15.0. The highest BCUT2D eigenvalue weighted by molar-refractivity contribution is 7.93. The number of sulfonamides is 1. The van der Waals surface area contributed by atoms with E-state index in [-0.39, 0.29) is 10.9 Å². The van der Waals surface area contributed by atoms with Gasteiger partial charge in [-0.1, -0.05) is 12.1 Å². The number of nitrogens with one attached hydrogen (secondary N) is 1. The Morgan fingerprint density at radius 2 is 2.00 bits per heavy atom. The highest BCUT2D eigenvalue weighted by atomic mass is 32.2. The van der Waals surface area contributed by atoms with Crippen molar-refractivity contribution in [3.05, 3.63) is 40.4 Å². The van der Waals surface area contributed by atoms with Crippen LogP contribution in [0.1, 0.15) is 35.5 Å². The summed E-state index contributed by atoms with van der Waals surface area (Å²) >= 11 is 1.43. The Morgan fingerprint density at radius 3 is 2.62 bits per heavy atom. The summed E-state index contributed by atoms with van der Waals surface area (Å²) in [4.78, 5) is 5.77. The number of benzene rings is 1. The first-order chi connectivity index (χ1) is 9.95. The minimum absolute atomic E-state index is 0.114. The largest absolute Gasteiger partial charge is 0.324 e. The third-order valence-corrected chi connectivity index (χ3v) is 6.09. The number of nitrogens with two attached hydrogens (primary N) is 1. The number of nitrogens with zero attached hydrogens (tertiary/aromatic N) is 1. The molecule has 1 aliphatic rings. The van der Waals surface area contributed by atoms with Crippen LogP contribution in [-0.2, 0) is 22.9 Å². The Bertz CT molecular complexity index is 728. The van der Waals surface area contributed by atoms with Gasteiger partial charge in [-0.2, -0.15) is 0 Å². The van der Waals surface area contributed by atoms with Crippen LogP contribution < -0.4 is 10.5 Å². The van der Waals surface area contributed by atoms with Crippen LogP contribution >= 0.6 is 11.3 Å². The number of rotatable bonds is 4. The summed E-state index contributed by atoms with van der Waals surface area (Å²) in [6, 6.07) is 6.50. The molecular weight excluding hydrogens is 306 g/mol. The molecule has 3 N–H and O–H groups in total. The molecule has 1 atom stereocenters. The van der Waals surface area contributed by atoms with Gasteiger partial charge in [0.15, 0.2) is 5.13 Å². The van der Waals surface area contributed by atoms with E-state index in [1.165, 1.54) is 16.2 Å². The lowest BCUT2D eigenvalue weighted by Crippen LogP contribution is -2.13. The first kappa shape index (κ1) is 14.5. The van der Waals surface area contributed by atoms with Gasteiger partial charge in [0.05, 0.1) is 10.6 Å². The Labute approximate surface area is 128 Å². The summed E-state index contributed by atoms with van der Waals surface area (Å²) in [6.45, 7) is 1.86. The molecule has 1 unspecified atom stereocenters. The topological polar surface area (TPSA) is 85.1 Å². The number of hydrogen-bond donors (Lipinski definition) is 2. The van der Waals surface area contributed by atoms with Gasteiger partial charge in [-0.15, -0.1) is 11.3 Å². The van der Waals surface area contributed by atoms with E-state index >= 15 is 0 Å². The van der Waals surface area contributed by atoms with Crippen molar-refractivity contribution >= 4 is 26.5 Å². The van der Waals surface area contributed by atoms with Crippen LogP contribution in [0.25, 0.3) is 0 Å². The molecule has 0 spiro atoms. The summed E-state index contributed by atoms with van der Waals surface area (Å²) in [5.74, 6) is 0. The first-order valence-electron chi connectivity index (χ1n) is 6.82. The highest BCUT2D eigenvalue weighted by Gasteiger charge is 2.21. The van der Waals surface area contributed by atoms with Crippen molar-refractivity contribution in [1.82, 2.24) is 4.98 Å². The molecule has 1 aromatic heterocycles. The van der Waals surface area contributed by atoms with Crippen LogP contribution in [-0.4, -0.2) is 13.4 Å². The summed E-state index contributed by atoms with van der Waals surface area (Å²) in [6.07, 6.45) is 3.05. The quantitative estimate of drug-likeness (QED) is 0.905. The molecule has 0 radical (unpaired) electrons. The number of aromatic nitrogens is 1.